The van der Waals surface area contributed by atoms with Crippen LogP contribution in [0.1, 0.15) is 113 Å². The van der Waals surface area contributed by atoms with Crippen molar-refractivity contribution in [2.45, 2.75) is 128 Å². The van der Waals surface area contributed by atoms with Crippen molar-refractivity contribution < 1.29 is 47.8 Å². The van der Waals surface area contributed by atoms with Gasteiger partial charge >= 0.3 is 6.09 Å². The molecule has 2 saturated carbocycles. The highest BCUT2D eigenvalue weighted by Gasteiger charge is 2.47. The molecular weight excluding hydrogens is 899 g/mol. The van der Waals surface area contributed by atoms with Crippen molar-refractivity contribution >= 4 is 47.3 Å². The van der Waals surface area contributed by atoms with E-state index in [1.54, 1.807) is 79.1 Å². The molecule has 3 heterocycles. The van der Waals surface area contributed by atoms with Crippen molar-refractivity contribution in [3.05, 3.63) is 84.4 Å². The number of para-hydroxylation sites is 1. The van der Waals surface area contributed by atoms with E-state index in [2.05, 4.69) is 31.2 Å². The van der Waals surface area contributed by atoms with Crippen LogP contribution in [0.2, 0.25) is 0 Å². The van der Waals surface area contributed by atoms with Crippen molar-refractivity contribution in [3.63, 3.8) is 0 Å². The van der Waals surface area contributed by atoms with Crippen molar-refractivity contribution in [2.75, 3.05) is 32.7 Å². The van der Waals surface area contributed by atoms with E-state index in [9.17, 15) is 33.6 Å². The zero-order valence-corrected chi connectivity index (χ0v) is 40.4. The van der Waals surface area contributed by atoms with Crippen molar-refractivity contribution in [3.8, 4) is 11.5 Å². The second-order valence-corrected chi connectivity index (χ2v) is 19.7. The van der Waals surface area contributed by atoms with Crippen LogP contribution in [0, 0.1) is 11.3 Å². The van der Waals surface area contributed by atoms with E-state index in [1.165, 1.54) is 23.5 Å². The highest BCUT2D eigenvalue weighted by molar-refractivity contribution is 6.38. The van der Waals surface area contributed by atoms with E-state index < -0.39 is 77.1 Å². The average molecular weight is 964 g/mol. The van der Waals surface area contributed by atoms with Gasteiger partial charge in [0.15, 0.2) is 0 Å². The first-order valence-electron chi connectivity index (χ1n) is 24.5. The minimum absolute atomic E-state index is 0.000221. The molecule has 2 aromatic carbocycles. The molecule has 0 radical (unpaired) electrons. The molecule has 70 heavy (non-hydrogen) atoms. The number of carbonyl (C=O) groups is 8. The van der Waals surface area contributed by atoms with E-state index in [0.29, 0.717) is 62.5 Å². The van der Waals surface area contributed by atoms with E-state index >= 15 is 4.79 Å². The molecule has 0 unspecified atom stereocenters. The van der Waals surface area contributed by atoms with Gasteiger partial charge in [-0.15, -0.1) is 0 Å². The number of likely N-dealkylation sites (tertiary alicyclic amines) is 1. The maximum atomic E-state index is 15.0. The number of Topliss-reactive ketones (excluding diaryl/α,β-unsaturated/α-hetero) is 1. The van der Waals surface area contributed by atoms with Gasteiger partial charge < -0.3 is 45.4 Å². The predicted molar refractivity (Wildman–Crippen MR) is 255 cm³/mol. The van der Waals surface area contributed by atoms with Gasteiger partial charge in [-0.1, -0.05) is 71.6 Å². The number of benzene rings is 2. The van der Waals surface area contributed by atoms with Gasteiger partial charge in [-0.05, 0) is 79.8 Å². The highest BCUT2D eigenvalue weighted by atomic mass is 16.6. The molecule has 2 aliphatic heterocycles. The second-order valence-electron chi connectivity index (χ2n) is 19.7. The third-order valence-electron chi connectivity index (χ3n) is 13.3. The van der Waals surface area contributed by atoms with Crippen LogP contribution in [0.4, 0.5) is 4.79 Å². The normalized spacial score (nSPS) is 19.7. The Morgan fingerprint density at radius 1 is 0.786 bits per heavy atom. The largest absolute Gasteiger partial charge is 0.488 e. The highest BCUT2D eigenvalue weighted by Crippen LogP contribution is 2.31. The summed E-state index contributed by atoms with van der Waals surface area (Å²) in [6, 6.07) is 10.7. The fourth-order valence-corrected chi connectivity index (χ4v) is 9.18. The summed E-state index contributed by atoms with van der Waals surface area (Å²) in [5.41, 5.74) is -0.462. The molecule has 0 bridgehead atoms. The molecule has 4 aliphatic rings. The molecule has 3 aromatic rings. The van der Waals surface area contributed by atoms with Crippen LogP contribution in [-0.4, -0.2) is 141 Å². The first-order chi connectivity index (χ1) is 33.6. The molecule has 2 aliphatic carbocycles. The summed E-state index contributed by atoms with van der Waals surface area (Å²) in [5.74, 6) is -3.54. The van der Waals surface area contributed by atoms with Crippen LogP contribution in [-0.2, 0) is 24.0 Å². The van der Waals surface area contributed by atoms with Gasteiger partial charge in [-0.25, -0.2) is 9.78 Å². The van der Waals surface area contributed by atoms with Gasteiger partial charge in [0.1, 0.15) is 41.4 Å². The molecule has 1 aromatic heterocycles. The number of hydrogen-bond acceptors (Lipinski definition) is 12. The smallest absolute Gasteiger partial charge is 0.415 e. The number of amides is 7. The van der Waals surface area contributed by atoms with Gasteiger partial charge in [0.2, 0.25) is 23.5 Å². The Bertz CT molecular complexity index is 2350. The lowest BCUT2D eigenvalue weighted by Gasteiger charge is -2.37. The molecule has 19 nitrogen and oxygen atoms in total. The number of rotatable bonds is 17. The fraction of sp³-hybridized carbons (Fsp3) is 0.529. The van der Waals surface area contributed by atoms with E-state index in [-0.39, 0.29) is 42.9 Å². The Morgan fingerprint density at radius 2 is 1.47 bits per heavy atom. The van der Waals surface area contributed by atoms with Crippen LogP contribution in [0.15, 0.2) is 73.2 Å². The Balaban J connectivity index is 1.06. The van der Waals surface area contributed by atoms with Crippen LogP contribution in [0.5, 0.6) is 11.5 Å². The Labute approximate surface area is 408 Å². The number of ketones is 1. The van der Waals surface area contributed by atoms with Crippen LogP contribution in [0.3, 0.4) is 0 Å². The zero-order valence-electron chi connectivity index (χ0n) is 40.4. The average Bonchev–Trinajstić information content (AvgIpc) is 4.09. The number of nitrogens with one attached hydrogen (secondary N) is 4. The maximum Gasteiger partial charge on any atom is 0.415 e. The quantitative estimate of drug-likeness (QED) is 0.141. The number of ether oxygens (including phenoxy) is 2. The predicted octanol–water partition coefficient (Wildman–Crippen LogP) is 3.82. The SMILES string of the molecule is CCC[C@H](NC(=O)[C@@H]1C[C@@H](Oc2ccc(C(=O)N3CCN(C(=O)Oc4ccccc4)CC3)cc2)CN1C(=O)[C@@H](NC(=O)[C@@H](NC(=O)c1cnccn1)C1CCCCC1)C(C)(C)C)C(=O)C(=O)NC1CC1. The van der Waals surface area contributed by atoms with Gasteiger partial charge in [0.05, 0.1) is 18.8 Å². The lowest BCUT2D eigenvalue weighted by atomic mass is 9.82. The van der Waals surface area contributed by atoms with Crippen molar-refractivity contribution in [1.29, 1.82) is 0 Å². The Morgan fingerprint density at radius 3 is 2.10 bits per heavy atom. The van der Waals surface area contributed by atoms with Crippen LogP contribution in [0.25, 0.3) is 0 Å². The summed E-state index contributed by atoms with van der Waals surface area (Å²) in [6.07, 6.45) is 9.26. The zero-order chi connectivity index (χ0) is 50.0. The van der Waals surface area contributed by atoms with Gasteiger partial charge in [0, 0.05) is 56.6 Å². The first-order valence-corrected chi connectivity index (χ1v) is 24.5. The van der Waals surface area contributed by atoms with E-state index in [1.807, 2.05) is 13.0 Å². The molecule has 5 atom stereocenters. The summed E-state index contributed by atoms with van der Waals surface area (Å²) in [7, 11) is 0. The number of carbonyl (C=O) groups excluding carboxylic acids is 8. The molecule has 374 valence electrons. The van der Waals surface area contributed by atoms with E-state index in [0.717, 1.165) is 32.1 Å². The topological polar surface area (TPSA) is 239 Å². The maximum absolute atomic E-state index is 15.0. The standard InChI is InChI=1S/C51H65N9O10/c1-5-12-38(42(61)47(65)54-34-19-20-34)55-45(63)40-29-37(69-36-21-17-33(18-22-36)48(66)58-25-27-59(28-26-58)50(68)70-35-15-10-7-11-16-35)31-60(40)49(67)43(51(2,3)4)57-46(64)41(32-13-8-6-9-14-32)56-44(62)39-30-52-23-24-53-39/h7,10-11,15-18,21-24,30,32,34,37-38,40-41,43H,5-6,8-9,12-14,19-20,25-29,31H2,1-4H3,(H,54,65)(H,55,63)(H,56,62)(H,57,64)/t37-,38+,40+,41+,43-/m1/s1. The van der Waals surface area contributed by atoms with Gasteiger partial charge in [-0.3, -0.25) is 38.5 Å². The molecule has 7 amide bonds. The molecule has 7 rings (SSSR count). The number of piperazine rings is 1. The lowest BCUT2D eigenvalue weighted by Crippen LogP contribution is -2.62. The minimum Gasteiger partial charge on any atom is -0.488 e. The molecule has 4 fully saturated rings. The van der Waals surface area contributed by atoms with Crippen molar-refractivity contribution in [1.82, 2.24) is 45.9 Å². The number of nitrogens with zero attached hydrogens (tertiary/aromatic N) is 5. The Kier molecular flexibility index (Phi) is 16.8. The van der Waals surface area contributed by atoms with Gasteiger partial charge in [0.25, 0.3) is 17.7 Å². The van der Waals surface area contributed by atoms with Gasteiger partial charge in [-0.2, -0.15) is 0 Å². The molecule has 2 saturated heterocycles. The second kappa shape index (κ2) is 23.1. The summed E-state index contributed by atoms with van der Waals surface area (Å²) < 4.78 is 11.9. The first kappa shape index (κ1) is 50.9. The number of hydrogen-bond donors (Lipinski definition) is 4. The van der Waals surface area contributed by atoms with Crippen molar-refractivity contribution in [2.24, 2.45) is 11.3 Å². The Hall–Kier alpha value is -6.92. The summed E-state index contributed by atoms with van der Waals surface area (Å²) in [6.45, 7) is 8.33. The third-order valence-corrected chi connectivity index (χ3v) is 13.3. The molecular formula is C51H65N9O10. The third kappa shape index (κ3) is 13.2. The van der Waals surface area contributed by atoms with Crippen LogP contribution >= 0.6 is 0 Å². The fourth-order valence-electron chi connectivity index (χ4n) is 9.18. The molecule has 19 heteroatoms. The van der Waals surface area contributed by atoms with Crippen LogP contribution < -0.4 is 30.7 Å². The summed E-state index contributed by atoms with van der Waals surface area (Å²) in [5, 5.41) is 11.3. The number of aromatic nitrogens is 2. The summed E-state index contributed by atoms with van der Waals surface area (Å²) in [4.78, 5) is 123. The minimum atomic E-state index is -1.19. The van der Waals surface area contributed by atoms with E-state index in [4.69, 9.17) is 9.47 Å². The monoisotopic (exact) mass is 963 g/mol. The molecule has 4 N–H and O–H groups in total. The summed E-state index contributed by atoms with van der Waals surface area (Å²) >= 11 is 0. The molecule has 0 spiro atoms. The lowest BCUT2D eigenvalue weighted by molar-refractivity contribution is -0.145.